The Morgan fingerprint density at radius 3 is 2.33 bits per heavy atom. The maximum absolute atomic E-state index is 9.37. The Bertz CT molecular complexity index is 638. The third-order valence-electron chi connectivity index (χ3n) is 5.00. The van der Waals surface area contributed by atoms with Crippen molar-refractivity contribution in [3.63, 3.8) is 0 Å². The van der Waals surface area contributed by atoms with Gasteiger partial charge >= 0.3 is 0 Å². The Morgan fingerprint density at radius 1 is 0.889 bits per heavy atom. The predicted octanol–water partition coefficient (Wildman–Crippen LogP) is 4.44. The van der Waals surface area contributed by atoms with Crippen molar-refractivity contribution in [3.05, 3.63) is 60.2 Å². The van der Waals surface area contributed by atoms with E-state index >= 15 is 0 Å². The van der Waals surface area contributed by atoms with Gasteiger partial charge in [0.15, 0.2) is 0 Å². The van der Waals surface area contributed by atoms with Crippen LogP contribution >= 0.6 is 0 Å². The number of para-hydroxylation sites is 1. The van der Waals surface area contributed by atoms with Gasteiger partial charge in [-0.3, -0.25) is 0 Å². The first-order chi connectivity index (χ1) is 13.3. The van der Waals surface area contributed by atoms with E-state index in [0.29, 0.717) is 6.42 Å². The zero-order valence-electron chi connectivity index (χ0n) is 16.1. The number of aliphatic hydroxyl groups excluding tert-OH is 1. The minimum Gasteiger partial charge on any atom is -0.494 e. The second-order valence-electron chi connectivity index (χ2n) is 7.11. The first-order valence-corrected chi connectivity index (χ1v) is 10.1. The van der Waals surface area contributed by atoms with Crippen molar-refractivity contribution in [3.8, 4) is 11.5 Å². The number of hydrogen-bond donors (Lipinski definition) is 1. The van der Waals surface area contributed by atoms with Crippen LogP contribution in [0.5, 0.6) is 11.5 Å². The number of benzene rings is 2. The molecule has 0 radical (unpaired) electrons. The van der Waals surface area contributed by atoms with Crippen LogP contribution in [0.1, 0.15) is 43.8 Å². The number of piperidine rings is 1. The molecular weight excluding hydrogens is 338 g/mol. The van der Waals surface area contributed by atoms with Gasteiger partial charge in [0.2, 0.25) is 0 Å². The van der Waals surface area contributed by atoms with Crippen molar-refractivity contribution in [2.75, 3.05) is 32.8 Å². The van der Waals surface area contributed by atoms with Crippen molar-refractivity contribution in [2.45, 2.75) is 38.2 Å². The number of likely N-dealkylation sites (tertiary alicyclic amines) is 1. The number of rotatable bonds is 10. The first-order valence-electron chi connectivity index (χ1n) is 10.1. The van der Waals surface area contributed by atoms with Gasteiger partial charge in [-0.25, -0.2) is 0 Å². The largest absolute Gasteiger partial charge is 0.494 e. The molecule has 1 aliphatic rings. The van der Waals surface area contributed by atoms with E-state index in [1.54, 1.807) is 0 Å². The highest BCUT2D eigenvalue weighted by Gasteiger charge is 2.13. The number of hydrogen-bond acceptors (Lipinski definition) is 4. The zero-order chi connectivity index (χ0) is 18.7. The lowest BCUT2D eigenvalue weighted by Crippen LogP contribution is -2.31. The van der Waals surface area contributed by atoms with E-state index < -0.39 is 0 Å². The second kappa shape index (κ2) is 11.0. The molecule has 1 aliphatic heterocycles. The molecule has 1 saturated heterocycles. The normalized spacial score (nSPS) is 16.0. The summed E-state index contributed by atoms with van der Waals surface area (Å²) in [6, 6.07) is 17.8. The van der Waals surface area contributed by atoms with Gasteiger partial charge in [0.05, 0.1) is 6.61 Å². The highest BCUT2D eigenvalue weighted by atomic mass is 16.5. The molecule has 4 nitrogen and oxygen atoms in total. The van der Waals surface area contributed by atoms with E-state index in [-0.39, 0.29) is 12.7 Å². The summed E-state index contributed by atoms with van der Waals surface area (Å²) in [5.74, 6) is 1.70. The highest BCUT2D eigenvalue weighted by Crippen LogP contribution is 2.26. The zero-order valence-corrected chi connectivity index (χ0v) is 16.1. The number of ether oxygens (including phenoxy) is 2. The van der Waals surface area contributed by atoms with Crippen LogP contribution in [0.4, 0.5) is 0 Å². The number of aliphatic hydroxyl groups is 1. The Labute approximate surface area is 162 Å². The molecule has 1 atom stereocenters. The van der Waals surface area contributed by atoms with E-state index in [1.165, 1.54) is 32.4 Å². The number of nitrogens with zero attached hydrogens (tertiary/aromatic N) is 1. The molecule has 1 N–H and O–H groups in total. The molecule has 2 aromatic carbocycles. The summed E-state index contributed by atoms with van der Waals surface area (Å²) in [7, 11) is 0. The van der Waals surface area contributed by atoms with Gasteiger partial charge in [0.25, 0.3) is 0 Å². The van der Waals surface area contributed by atoms with Crippen LogP contribution in [0.25, 0.3) is 0 Å². The first kappa shape index (κ1) is 19.7. The topological polar surface area (TPSA) is 41.9 Å². The van der Waals surface area contributed by atoms with Gasteiger partial charge in [-0.05, 0) is 62.2 Å². The molecule has 0 saturated carbocycles. The lowest BCUT2D eigenvalue weighted by molar-refractivity contribution is 0.155. The van der Waals surface area contributed by atoms with Crippen LogP contribution in [0.2, 0.25) is 0 Å². The van der Waals surface area contributed by atoms with Crippen LogP contribution in [0.3, 0.4) is 0 Å². The molecule has 1 unspecified atom stereocenters. The minimum atomic E-state index is -0.162. The monoisotopic (exact) mass is 369 g/mol. The van der Waals surface area contributed by atoms with Crippen LogP contribution in [0, 0.1) is 0 Å². The molecular formula is C23H31NO3. The third-order valence-corrected chi connectivity index (χ3v) is 5.00. The molecule has 27 heavy (non-hydrogen) atoms. The molecule has 0 aromatic heterocycles. The lowest BCUT2D eigenvalue weighted by atomic mass is 10.1. The molecule has 4 heteroatoms. The van der Waals surface area contributed by atoms with Crippen LogP contribution < -0.4 is 9.47 Å². The molecule has 0 bridgehead atoms. The minimum absolute atomic E-state index is 0.0895. The van der Waals surface area contributed by atoms with Crippen molar-refractivity contribution in [1.29, 1.82) is 0 Å². The average Bonchev–Trinajstić information content (AvgIpc) is 2.73. The van der Waals surface area contributed by atoms with E-state index in [1.807, 2.05) is 54.6 Å². The van der Waals surface area contributed by atoms with Gasteiger partial charge < -0.3 is 19.5 Å². The lowest BCUT2D eigenvalue weighted by Gasteiger charge is -2.26. The van der Waals surface area contributed by atoms with Gasteiger partial charge in [0.1, 0.15) is 17.6 Å². The van der Waals surface area contributed by atoms with E-state index in [9.17, 15) is 5.11 Å². The van der Waals surface area contributed by atoms with Crippen molar-refractivity contribution >= 4 is 0 Å². The Balaban J connectivity index is 1.47. The SMILES string of the molecule is OCCC(Oc1ccccc1)c1ccc(OCCCN2CCCCC2)cc1. The molecule has 1 heterocycles. The maximum atomic E-state index is 9.37. The van der Waals surface area contributed by atoms with Crippen LogP contribution in [-0.2, 0) is 0 Å². The van der Waals surface area contributed by atoms with Crippen molar-refractivity contribution in [2.24, 2.45) is 0 Å². The quantitative estimate of drug-likeness (QED) is 0.629. The standard InChI is InChI=1S/C23H31NO3/c25-18-14-23(27-22-8-3-1-4-9-22)20-10-12-21(13-11-20)26-19-7-17-24-15-5-2-6-16-24/h1,3-4,8-13,23,25H,2,5-7,14-19H2. The fourth-order valence-corrected chi connectivity index (χ4v) is 3.51. The summed E-state index contributed by atoms with van der Waals surface area (Å²) in [6.45, 7) is 4.44. The maximum Gasteiger partial charge on any atom is 0.126 e. The summed E-state index contributed by atoms with van der Waals surface area (Å²) < 4.78 is 11.9. The van der Waals surface area contributed by atoms with Crippen molar-refractivity contribution in [1.82, 2.24) is 4.90 Å². The van der Waals surface area contributed by atoms with Gasteiger partial charge in [0, 0.05) is 19.6 Å². The van der Waals surface area contributed by atoms with E-state index in [2.05, 4.69) is 4.90 Å². The Kier molecular flexibility index (Phi) is 8.00. The third kappa shape index (κ3) is 6.56. The van der Waals surface area contributed by atoms with E-state index in [0.717, 1.165) is 36.6 Å². The molecule has 0 spiro atoms. The summed E-state index contributed by atoms with van der Waals surface area (Å²) >= 11 is 0. The average molecular weight is 370 g/mol. The summed E-state index contributed by atoms with van der Waals surface area (Å²) in [4.78, 5) is 2.54. The molecule has 3 rings (SSSR count). The smallest absolute Gasteiger partial charge is 0.126 e. The fraction of sp³-hybridized carbons (Fsp3) is 0.478. The molecule has 146 valence electrons. The summed E-state index contributed by atoms with van der Waals surface area (Å²) in [5.41, 5.74) is 1.05. The second-order valence-corrected chi connectivity index (χ2v) is 7.11. The molecule has 1 fully saturated rings. The van der Waals surface area contributed by atoms with Gasteiger partial charge in [-0.1, -0.05) is 36.8 Å². The molecule has 0 amide bonds. The van der Waals surface area contributed by atoms with E-state index in [4.69, 9.17) is 9.47 Å². The summed E-state index contributed by atoms with van der Waals surface area (Å²) in [5, 5.41) is 9.37. The van der Waals surface area contributed by atoms with Crippen molar-refractivity contribution < 1.29 is 14.6 Å². The Morgan fingerprint density at radius 2 is 1.63 bits per heavy atom. The molecule has 0 aliphatic carbocycles. The highest BCUT2D eigenvalue weighted by molar-refractivity contribution is 5.30. The van der Waals surface area contributed by atoms with Crippen LogP contribution in [-0.4, -0.2) is 42.9 Å². The Hall–Kier alpha value is -2.04. The molecule has 2 aromatic rings. The summed E-state index contributed by atoms with van der Waals surface area (Å²) in [6.07, 6.45) is 5.51. The predicted molar refractivity (Wildman–Crippen MR) is 108 cm³/mol. The van der Waals surface area contributed by atoms with Gasteiger partial charge in [-0.2, -0.15) is 0 Å². The fourth-order valence-electron chi connectivity index (χ4n) is 3.51. The van der Waals surface area contributed by atoms with Gasteiger partial charge in [-0.15, -0.1) is 0 Å². The van der Waals surface area contributed by atoms with Crippen LogP contribution in [0.15, 0.2) is 54.6 Å².